The van der Waals surface area contributed by atoms with Crippen LogP contribution in [-0.4, -0.2) is 16.9 Å². The number of hydrogen-bond acceptors (Lipinski definition) is 2. The number of amides is 1. The molecule has 0 saturated heterocycles. The zero-order chi connectivity index (χ0) is 11.4. The number of hydrogen-bond donors (Lipinski definition) is 2. The molecule has 1 saturated carbocycles. The fraction of sp³-hybridized carbons (Fsp3) is 0.818. The summed E-state index contributed by atoms with van der Waals surface area (Å²) in [6.07, 6.45) is 4.61. The van der Waals surface area contributed by atoms with Gasteiger partial charge in [0.2, 0.25) is 5.91 Å². The molecule has 0 aromatic rings. The van der Waals surface area contributed by atoms with E-state index >= 15 is 0 Å². The number of nitrogens with one attached hydrogen (secondary N) is 1. The highest BCUT2D eigenvalue weighted by atomic mass is 32.1. The molecule has 1 atom stereocenters. The van der Waals surface area contributed by atoms with Gasteiger partial charge >= 0.3 is 0 Å². The molecule has 1 rings (SSSR count). The zero-order valence-corrected chi connectivity index (χ0v) is 10.3. The largest absolute Gasteiger partial charge is 0.393 e. The van der Waals surface area contributed by atoms with Crippen molar-refractivity contribution in [3.63, 3.8) is 0 Å². The lowest BCUT2D eigenvalue weighted by atomic mass is 9.94. The van der Waals surface area contributed by atoms with E-state index in [-0.39, 0.29) is 17.7 Å². The van der Waals surface area contributed by atoms with Crippen LogP contribution in [0.5, 0.6) is 0 Å². The summed E-state index contributed by atoms with van der Waals surface area (Å²) in [6.45, 7) is 3.94. The summed E-state index contributed by atoms with van der Waals surface area (Å²) in [7, 11) is 0. The normalized spacial score (nSPS) is 19.1. The zero-order valence-electron chi connectivity index (χ0n) is 9.45. The summed E-state index contributed by atoms with van der Waals surface area (Å²) in [5.74, 6) is -0.145. The SMILES string of the molecule is CC(C)C(C(=O)NC1CCCC1)C(N)=S. The molecular formula is C11H20N2OS. The Hall–Kier alpha value is -0.640. The van der Waals surface area contributed by atoms with Crippen LogP contribution < -0.4 is 11.1 Å². The molecule has 3 nitrogen and oxygen atoms in total. The second kappa shape index (κ2) is 5.45. The van der Waals surface area contributed by atoms with E-state index in [9.17, 15) is 4.79 Å². The van der Waals surface area contributed by atoms with Crippen LogP contribution in [0.1, 0.15) is 39.5 Å². The minimum absolute atomic E-state index is 0.00407. The molecule has 0 bridgehead atoms. The van der Waals surface area contributed by atoms with Crippen molar-refractivity contribution in [2.45, 2.75) is 45.6 Å². The molecule has 0 aromatic carbocycles. The van der Waals surface area contributed by atoms with Crippen molar-refractivity contribution in [3.8, 4) is 0 Å². The Morgan fingerprint density at radius 3 is 2.33 bits per heavy atom. The van der Waals surface area contributed by atoms with Gasteiger partial charge in [0, 0.05) is 6.04 Å². The highest BCUT2D eigenvalue weighted by Crippen LogP contribution is 2.19. The van der Waals surface area contributed by atoms with Gasteiger partial charge in [-0.25, -0.2) is 0 Å². The quantitative estimate of drug-likeness (QED) is 0.719. The molecule has 1 amide bonds. The first-order valence-corrected chi connectivity index (χ1v) is 6.03. The lowest BCUT2D eigenvalue weighted by molar-refractivity contribution is -0.124. The van der Waals surface area contributed by atoms with Crippen LogP contribution >= 0.6 is 12.2 Å². The fourth-order valence-corrected chi connectivity index (χ4v) is 2.50. The van der Waals surface area contributed by atoms with Crippen molar-refractivity contribution in [2.75, 3.05) is 0 Å². The van der Waals surface area contributed by atoms with E-state index in [1.807, 2.05) is 13.8 Å². The van der Waals surface area contributed by atoms with Crippen molar-refractivity contribution in [3.05, 3.63) is 0 Å². The summed E-state index contributed by atoms with van der Waals surface area (Å²) < 4.78 is 0. The third-order valence-corrected chi connectivity index (χ3v) is 3.21. The van der Waals surface area contributed by atoms with Crippen molar-refractivity contribution < 1.29 is 4.79 Å². The van der Waals surface area contributed by atoms with Crippen LogP contribution in [0.3, 0.4) is 0 Å². The summed E-state index contributed by atoms with van der Waals surface area (Å²) in [5, 5.41) is 3.04. The van der Waals surface area contributed by atoms with E-state index in [4.69, 9.17) is 18.0 Å². The molecular weight excluding hydrogens is 208 g/mol. The van der Waals surface area contributed by atoms with Crippen molar-refractivity contribution >= 4 is 23.1 Å². The van der Waals surface area contributed by atoms with Crippen LogP contribution in [0.25, 0.3) is 0 Å². The summed E-state index contributed by atoms with van der Waals surface area (Å²) >= 11 is 4.93. The molecule has 1 unspecified atom stereocenters. The maximum absolute atomic E-state index is 11.9. The second-order valence-electron chi connectivity index (χ2n) is 4.61. The molecule has 1 aliphatic carbocycles. The fourth-order valence-electron chi connectivity index (χ4n) is 2.12. The first kappa shape index (κ1) is 12.4. The Balaban J connectivity index is 2.52. The topological polar surface area (TPSA) is 55.1 Å². The van der Waals surface area contributed by atoms with Crippen molar-refractivity contribution in [1.29, 1.82) is 0 Å². The molecule has 1 fully saturated rings. The maximum Gasteiger partial charge on any atom is 0.230 e. The van der Waals surface area contributed by atoms with Crippen LogP contribution in [0.2, 0.25) is 0 Å². The van der Waals surface area contributed by atoms with Crippen LogP contribution in [0.15, 0.2) is 0 Å². The number of nitrogens with two attached hydrogens (primary N) is 1. The smallest absolute Gasteiger partial charge is 0.230 e. The molecule has 15 heavy (non-hydrogen) atoms. The second-order valence-corrected chi connectivity index (χ2v) is 5.09. The monoisotopic (exact) mass is 228 g/mol. The minimum atomic E-state index is -0.319. The Labute approximate surface area is 96.8 Å². The van der Waals surface area contributed by atoms with E-state index in [2.05, 4.69) is 5.32 Å². The maximum atomic E-state index is 11.9. The predicted molar refractivity (Wildman–Crippen MR) is 65.5 cm³/mol. The molecule has 3 N–H and O–H groups in total. The standard InChI is InChI=1S/C11H20N2OS/c1-7(2)9(10(12)15)11(14)13-8-5-3-4-6-8/h7-9H,3-6H2,1-2H3,(H2,12,15)(H,13,14). The number of carbonyl (C=O) groups is 1. The van der Waals surface area contributed by atoms with Crippen molar-refractivity contribution in [1.82, 2.24) is 5.32 Å². The summed E-state index contributed by atoms with van der Waals surface area (Å²) in [4.78, 5) is 12.2. The highest BCUT2D eigenvalue weighted by molar-refractivity contribution is 7.80. The third kappa shape index (κ3) is 3.45. The average molecular weight is 228 g/mol. The molecule has 0 spiro atoms. The first-order chi connectivity index (χ1) is 7.02. The third-order valence-electron chi connectivity index (χ3n) is 2.96. The Morgan fingerprint density at radius 1 is 1.40 bits per heavy atom. The van der Waals surface area contributed by atoms with E-state index in [1.165, 1.54) is 12.8 Å². The minimum Gasteiger partial charge on any atom is -0.393 e. The van der Waals surface area contributed by atoms with Gasteiger partial charge in [0.25, 0.3) is 0 Å². The molecule has 0 radical (unpaired) electrons. The van der Waals surface area contributed by atoms with Gasteiger partial charge in [0.1, 0.15) is 0 Å². The number of thiocarbonyl (C=S) groups is 1. The lowest BCUT2D eigenvalue weighted by Gasteiger charge is -2.21. The first-order valence-electron chi connectivity index (χ1n) is 5.62. The average Bonchev–Trinajstić information content (AvgIpc) is 2.54. The molecule has 0 heterocycles. The number of carbonyl (C=O) groups excluding carboxylic acids is 1. The van der Waals surface area contributed by atoms with E-state index < -0.39 is 0 Å². The van der Waals surface area contributed by atoms with Gasteiger partial charge in [0.05, 0.1) is 10.9 Å². The van der Waals surface area contributed by atoms with Gasteiger partial charge in [-0.15, -0.1) is 0 Å². The number of rotatable bonds is 4. The van der Waals surface area contributed by atoms with Crippen LogP contribution in [0.4, 0.5) is 0 Å². The summed E-state index contributed by atoms with van der Waals surface area (Å²) in [5.41, 5.74) is 5.58. The Bertz CT molecular complexity index is 247. The molecule has 4 heteroatoms. The van der Waals surface area contributed by atoms with Crippen molar-refractivity contribution in [2.24, 2.45) is 17.6 Å². The predicted octanol–water partition coefficient (Wildman–Crippen LogP) is 1.60. The summed E-state index contributed by atoms with van der Waals surface area (Å²) in [6, 6.07) is 0.341. The van der Waals surface area contributed by atoms with Gasteiger partial charge < -0.3 is 11.1 Å². The van der Waals surface area contributed by atoms with Gasteiger partial charge in [0.15, 0.2) is 0 Å². The van der Waals surface area contributed by atoms with Gasteiger partial charge in [-0.3, -0.25) is 4.79 Å². The van der Waals surface area contributed by atoms with E-state index in [0.29, 0.717) is 11.0 Å². The van der Waals surface area contributed by atoms with Crippen LogP contribution in [-0.2, 0) is 4.79 Å². The van der Waals surface area contributed by atoms with Gasteiger partial charge in [-0.2, -0.15) is 0 Å². The van der Waals surface area contributed by atoms with Crippen LogP contribution in [0, 0.1) is 11.8 Å². The van der Waals surface area contributed by atoms with Gasteiger partial charge in [-0.05, 0) is 18.8 Å². The lowest BCUT2D eigenvalue weighted by Crippen LogP contribution is -2.44. The van der Waals surface area contributed by atoms with Gasteiger partial charge in [-0.1, -0.05) is 38.9 Å². The highest BCUT2D eigenvalue weighted by Gasteiger charge is 2.27. The Kier molecular flexibility index (Phi) is 4.51. The Morgan fingerprint density at radius 2 is 1.93 bits per heavy atom. The molecule has 0 aliphatic heterocycles. The van der Waals surface area contributed by atoms with E-state index in [1.54, 1.807) is 0 Å². The molecule has 0 aromatic heterocycles. The van der Waals surface area contributed by atoms with E-state index in [0.717, 1.165) is 12.8 Å². The molecule has 1 aliphatic rings. The molecule has 86 valence electrons.